The molecular weight excluding hydrogens is 396 g/mol. The molecule has 0 saturated heterocycles. The summed E-state index contributed by atoms with van der Waals surface area (Å²) in [5.74, 6) is -1.21. The van der Waals surface area contributed by atoms with Gasteiger partial charge in [0.05, 0.1) is 12.2 Å². The zero-order valence-electron chi connectivity index (χ0n) is 17.4. The molecule has 0 unspecified atom stereocenters. The van der Waals surface area contributed by atoms with Gasteiger partial charge in [0.2, 0.25) is 0 Å². The summed E-state index contributed by atoms with van der Waals surface area (Å²) in [7, 11) is 0. The molecule has 2 N–H and O–H groups in total. The van der Waals surface area contributed by atoms with Crippen LogP contribution in [0.4, 0.5) is 5.69 Å². The highest BCUT2D eigenvalue weighted by atomic mass is 16.5. The van der Waals surface area contributed by atoms with Crippen LogP contribution in [-0.2, 0) is 14.3 Å². The van der Waals surface area contributed by atoms with E-state index in [1.54, 1.807) is 30.3 Å². The molecular formula is C24H24N2O5. The Morgan fingerprint density at radius 2 is 1.65 bits per heavy atom. The van der Waals surface area contributed by atoms with Crippen molar-refractivity contribution in [2.45, 2.75) is 20.0 Å². The summed E-state index contributed by atoms with van der Waals surface area (Å²) in [5.41, 5.74) is 0.923. The number of carbonyl (C=O) groups excluding carboxylic acids is 3. The van der Waals surface area contributed by atoms with Crippen LogP contribution in [-0.4, -0.2) is 37.0 Å². The van der Waals surface area contributed by atoms with Crippen LogP contribution in [0.1, 0.15) is 24.2 Å². The van der Waals surface area contributed by atoms with Gasteiger partial charge in [-0.05, 0) is 48.9 Å². The summed E-state index contributed by atoms with van der Waals surface area (Å²) in [6.07, 6.45) is -1.02. The first kappa shape index (κ1) is 21.8. The average molecular weight is 420 g/mol. The van der Waals surface area contributed by atoms with E-state index in [2.05, 4.69) is 10.6 Å². The van der Waals surface area contributed by atoms with E-state index in [9.17, 15) is 14.4 Å². The maximum Gasteiger partial charge on any atom is 0.326 e. The fourth-order valence-corrected chi connectivity index (χ4v) is 2.99. The van der Waals surface area contributed by atoms with Crippen molar-refractivity contribution < 1.29 is 23.9 Å². The summed E-state index contributed by atoms with van der Waals surface area (Å²) < 4.78 is 10.6. The predicted molar refractivity (Wildman–Crippen MR) is 118 cm³/mol. The van der Waals surface area contributed by atoms with E-state index in [1.807, 2.05) is 43.3 Å². The van der Waals surface area contributed by atoms with Crippen molar-refractivity contribution >= 4 is 34.2 Å². The topological polar surface area (TPSA) is 93.7 Å². The average Bonchev–Trinajstić information content (AvgIpc) is 2.78. The molecule has 0 aliphatic rings. The maximum absolute atomic E-state index is 12.4. The number of hydrogen-bond acceptors (Lipinski definition) is 5. The highest BCUT2D eigenvalue weighted by molar-refractivity contribution is 5.99. The van der Waals surface area contributed by atoms with Crippen molar-refractivity contribution in [3.8, 4) is 5.75 Å². The third-order valence-corrected chi connectivity index (χ3v) is 4.52. The number of ether oxygens (including phenoxy) is 2. The number of fused-ring (bicyclic) bond motifs is 1. The largest absolute Gasteiger partial charge is 0.493 e. The maximum atomic E-state index is 12.4. The lowest BCUT2D eigenvalue weighted by Gasteiger charge is -2.14. The van der Waals surface area contributed by atoms with Gasteiger partial charge in [-0.2, -0.15) is 0 Å². The Kier molecular flexibility index (Phi) is 7.22. The summed E-state index contributed by atoms with van der Waals surface area (Å²) in [5, 5.41) is 7.26. The van der Waals surface area contributed by atoms with Crippen molar-refractivity contribution in [1.82, 2.24) is 5.32 Å². The fourth-order valence-electron chi connectivity index (χ4n) is 2.99. The second kappa shape index (κ2) is 10.2. The molecule has 2 amide bonds. The molecule has 3 aromatic carbocycles. The molecule has 160 valence electrons. The van der Waals surface area contributed by atoms with Crippen molar-refractivity contribution in [1.29, 1.82) is 0 Å². The van der Waals surface area contributed by atoms with E-state index in [4.69, 9.17) is 9.47 Å². The van der Waals surface area contributed by atoms with Gasteiger partial charge in [0.25, 0.3) is 11.8 Å². The molecule has 31 heavy (non-hydrogen) atoms. The van der Waals surface area contributed by atoms with E-state index < -0.39 is 23.9 Å². The molecule has 3 rings (SSSR count). The number of esters is 1. The quantitative estimate of drug-likeness (QED) is 0.544. The Balaban J connectivity index is 1.51. The van der Waals surface area contributed by atoms with Crippen LogP contribution >= 0.6 is 0 Å². The molecule has 0 aromatic heterocycles. The summed E-state index contributed by atoms with van der Waals surface area (Å²) in [6, 6.07) is 20.0. The molecule has 0 fully saturated rings. The minimum absolute atomic E-state index is 0.319. The first-order valence-electron chi connectivity index (χ1n) is 9.97. The number of hydrogen-bond donors (Lipinski definition) is 2. The van der Waals surface area contributed by atoms with Crippen LogP contribution in [0.5, 0.6) is 5.75 Å². The molecule has 7 nitrogen and oxygen atoms in total. The number of para-hydroxylation sites is 1. The molecule has 0 aliphatic carbocycles. The van der Waals surface area contributed by atoms with E-state index in [0.29, 0.717) is 23.6 Å². The minimum Gasteiger partial charge on any atom is -0.493 e. The van der Waals surface area contributed by atoms with E-state index in [0.717, 1.165) is 10.8 Å². The molecule has 0 saturated carbocycles. The lowest BCUT2D eigenvalue weighted by atomic mass is 10.1. The molecule has 3 aromatic rings. The van der Waals surface area contributed by atoms with Crippen molar-refractivity contribution in [2.75, 3.05) is 18.5 Å². The van der Waals surface area contributed by atoms with Crippen molar-refractivity contribution in [2.24, 2.45) is 0 Å². The minimum atomic E-state index is -1.02. The number of rotatable bonds is 8. The number of carbonyl (C=O) groups is 3. The van der Waals surface area contributed by atoms with E-state index in [-0.39, 0.29) is 6.54 Å². The molecule has 0 radical (unpaired) electrons. The van der Waals surface area contributed by atoms with Crippen molar-refractivity contribution in [3.05, 3.63) is 72.3 Å². The highest BCUT2D eigenvalue weighted by Crippen LogP contribution is 2.19. The molecule has 0 bridgehead atoms. The summed E-state index contributed by atoms with van der Waals surface area (Å²) >= 11 is 0. The normalized spacial score (nSPS) is 11.4. The van der Waals surface area contributed by atoms with Crippen LogP contribution in [0.2, 0.25) is 0 Å². The van der Waals surface area contributed by atoms with Crippen LogP contribution in [0.3, 0.4) is 0 Å². The van der Waals surface area contributed by atoms with Gasteiger partial charge in [-0.1, -0.05) is 42.5 Å². The number of nitrogens with one attached hydrogen (secondary N) is 2. The standard InChI is InChI=1S/C24H24N2O5/c1-3-30-21-11-7-6-10-20(21)24(29)25-15-22(27)31-16(2)23(28)26-19-13-12-17-8-4-5-9-18(17)14-19/h4-14,16H,3,15H2,1-2H3,(H,25,29)(H,26,28)/t16-/m0/s1. The van der Waals surface area contributed by atoms with Crippen LogP contribution in [0.15, 0.2) is 66.7 Å². The molecule has 0 spiro atoms. The fraction of sp³-hybridized carbons (Fsp3) is 0.208. The first-order valence-corrected chi connectivity index (χ1v) is 9.97. The monoisotopic (exact) mass is 420 g/mol. The molecule has 0 aliphatic heterocycles. The predicted octanol–water partition coefficient (Wildman–Crippen LogP) is 3.54. The Labute approximate surface area is 180 Å². The molecule has 0 heterocycles. The summed E-state index contributed by atoms with van der Waals surface area (Å²) in [6.45, 7) is 3.33. The highest BCUT2D eigenvalue weighted by Gasteiger charge is 2.19. The molecule has 1 atom stereocenters. The van der Waals surface area contributed by atoms with Gasteiger partial charge in [0.1, 0.15) is 12.3 Å². The van der Waals surface area contributed by atoms with Gasteiger partial charge < -0.3 is 20.1 Å². The van der Waals surface area contributed by atoms with Crippen LogP contribution < -0.4 is 15.4 Å². The second-order valence-corrected chi connectivity index (χ2v) is 6.80. The van der Waals surface area contributed by atoms with Gasteiger partial charge in [0.15, 0.2) is 6.10 Å². The number of anilines is 1. The molecule has 7 heteroatoms. The Morgan fingerprint density at radius 1 is 0.935 bits per heavy atom. The van der Waals surface area contributed by atoms with Gasteiger partial charge >= 0.3 is 5.97 Å². The van der Waals surface area contributed by atoms with Crippen LogP contribution in [0, 0.1) is 0 Å². The van der Waals surface area contributed by atoms with Gasteiger partial charge in [0, 0.05) is 5.69 Å². The lowest BCUT2D eigenvalue weighted by molar-refractivity contribution is -0.152. The van der Waals surface area contributed by atoms with Crippen molar-refractivity contribution in [3.63, 3.8) is 0 Å². The van der Waals surface area contributed by atoms with Crippen LogP contribution in [0.25, 0.3) is 10.8 Å². The van der Waals surface area contributed by atoms with E-state index >= 15 is 0 Å². The van der Waals surface area contributed by atoms with Gasteiger partial charge in [-0.3, -0.25) is 14.4 Å². The lowest BCUT2D eigenvalue weighted by Crippen LogP contribution is -2.36. The van der Waals surface area contributed by atoms with E-state index in [1.165, 1.54) is 6.92 Å². The summed E-state index contributed by atoms with van der Waals surface area (Å²) in [4.78, 5) is 36.8. The Bertz CT molecular complexity index is 1100. The smallest absolute Gasteiger partial charge is 0.326 e. The van der Waals surface area contributed by atoms with Gasteiger partial charge in [-0.15, -0.1) is 0 Å². The Morgan fingerprint density at radius 3 is 2.42 bits per heavy atom. The third-order valence-electron chi connectivity index (χ3n) is 4.52. The Hall–Kier alpha value is -3.87. The second-order valence-electron chi connectivity index (χ2n) is 6.80. The van der Waals surface area contributed by atoms with Gasteiger partial charge in [-0.25, -0.2) is 0 Å². The zero-order valence-corrected chi connectivity index (χ0v) is 17.4. The SMILES string of the molecule is CCOc1ccccc1C(=O)NCC(=O)O[C@@H](C)C(=O)Nc1ccc2ccccc2c1. The number of amides is 2. The number of benzene rings is 3. The third kappa shape index (κ3) is 5.82. The zero-order chi connectivity index (χ0) is 22.2. The first-order chi connectivity index (χ1) is 15.0.